The van der Waals surface area contributed by atoms with Crippen LogP contribution in [-0.2, 0) is 4.74 Å². The molecular formula is C17H23F2NO3. The zero-order valence-electron chi connectivity index (χ0n) is 13.8. The Kier molecular flexibility index (Phi) is 5.93. The van der Waals surface area contributed by atoms with Crippen molar-refractivity contribution < 1.29 is 23.0 Å². The van der Waals surface area contributed by atoms with E-state index >= 15 is 0 Å². The van der Waals surface area contributed by atoms with E-state index in [1.54, 1.807) is 30.9 Å². The molecule has 0 saturated carbocycles. The molecule has 1 aromatic rings. The van der Waals surface area contributed by atoms with Gasteiger partial charge in [0.05, 0.1) is 6.61 Å². The van der Waals surface area contributed by atoms with Gasteiger partial charge in [-0.3, -0.25) is 4.79 Å². The summed E-state index contributed by atoms with van der Waals surface area (Å²) < 4.78 is 34.8. The van der Waals surface area contributed by atoms with Crippen LogP contribution in [-0.4, -0.2) is 43.7 Å². The molecule has 0 N–H and O–H groups in total. The van der Waals surface area contributed by atoms with Crippen LogP contribution in [0.3, 0.4) is 0 Å². The van der Waals surface area contributed by atoms with Gasteiger partial charge in [-0.25, -0.2) is 0 Å². The Morgan fingerprint density at radius 1 is 1.39 bits per heavy atom. The number of amides is 1. The van der Waals surface area contributed by atoms with Gasteiger partial charge in [0.2, 0.25) is 0 Å². The highest BCUT2D eigenvalue weighted by molar-refractivity contribution is 5.95. The molecule has 0 aromatic heterocycles. The van der Waals surface area contributed by atoms with Gasteiger partial charge in [-0.1, -0.05) is 0 Å². The van der Waals surface area contributed by atoms with Crippen molar-refractivity contribution in [2.24, 2.45) is 5.92 Å². The molecule has 4 nitrogen and oxygen atoms in total. The second-order valence-electron chi connectivity index (χ2n) is 5.89. The molecule has 1 aliphatic rings. The van der Waals surface area contributed by atoms with Crippen LogP contribution in [0.4, 0.5) is 8.78 Å². The molecule has 1 unspecified atom stereocenters. The summed E-state index contributed by atoms with van der Waals surface area (Å²) in [6, 6.07) is 3.22. The highest BCUT2D eigenvalue weighted by Crippen LogP contribution is 2.27. The standard InChI is InChI=1S/C17H23F2NO3/c1-4-20(9-13-5-6-22-10-13)16(21)14-7-11(2)15(12(3)8-14)23-17(18)19/h7-8,13,17H,4-6,9-10H2,1-3H3. The lowest BCUT2D eigenvalue weighted by molar-refractivity contribution is -0.0507. The molecule has 1 aliphatic heterocycles. The summed E-state index contributed by atoms with van der Waals surface area (Å²) in [5, 5.41) is 0. The van der Waals surface area contributed by atoms with Gasteiger partial charge in [-0.05, 0) is 50.5 Å². The van der Waals surface area contributed by atoms with E-state index < -0.39 is 6.61 Å². The van der Waals surface area contributed by atoms with Crippen molar-refractivity contribution in [2.45, 2.75) is 33.8 Å². The van der Waals surface area contributed by atoms with E-state index in [1.807, 2.05) is 6.92 Å². The Morgan fingerprint density at radius 2 is 2.04 bits per heavy atom. The third-order valence-corrected chi connectivity index (χ3v) is 4.09. The fourth-order valence-electron chi connectivity index (χ4n) is 2.93. The number of benzene rings is 1. The first-order chi connectivity index (χ1) is 10.9. The third kappa shape index (κ3) is 4.41. The maximum Gasteiger partial charge on any atom is 0.387 e. The monoisotopic (exact) mass is 327 g/mol. The molecule has 1 amide bonds. The maximum atomic E-state index is 12.7. The first kappa shape index (κ1) is 17.7. The van der Waals surface area contributed by atoms with Crippen molar-refractivity contribution in [3.8, 4) is 5.75 Å². The first-order valence-corrected chi connectivity index (χ1v) is 7.85. The number of carbonyl (C=O) groups is 1. The minimum Gasteiger partial charge on any atom is -0.434 e. The average molecular weight is 327 g/mol. The van der Waals surface area contributed by atoms with E-state index in [4.69, 9.17) is 4.74 Å². The van der Waals surface area contributed by atoms with Gasteiger partial charge in [-0.15, -0.1) is 0 Å². The SMILES string of the molecule is CCN(CC1CCOC1)C(=O)c1cc(C)c(OC(F)F)c(C)c1. The summed E-state index contributed by atoms with van der Waals surface area (Å²) in [5.41, 5.74) is 1.57. The molecule has 1 aromatic carbocycles. The Bertz CT molecular complexity index is 534. The number of nitrogens with zero attached hydrogens (tertiary/aromatic N) is 1. The molecule has 0 aliphatic carbocycles. The lowest BCUT2D eigenvalue weighted by atomic mass is 10.0. The van der Waals surface area contributed by atoms with E-state index in [1.165, 1.54) is 0 Å². The topological polar surface area (TPSA) is 38.8 Å². The number of halogens is 2. The minimum absolute atomic E-state index is 0.0887. The Labute approximate surface area is 135 Å². The zero-order chi connectivity index (χ0) is 17.0. The fraction of sp³-hybridized carbons (Fsp3) is 0.588. The molecule has 1 saturated heterocycles. The normalized spacial score (nSPS) is 17.6. The van der Waals surface area contributed by atoms with Crippen LogP contribution < -0.4 is 4.74 Å². The number of alkyl halides is 2. The smallest absolute Gasteiger partial charge is 0.387 e. The van der Waals surface area contributed by atoms with Crippen LogP contribution in [0.25, 0.3) is 0 Å². The molecule has 6 heteroatoms. The summed E-state index contributed by atoms with van der Waals surface area (Å²) in [4.78, 5) is 14.5. The molecule has 1 fully saturated rings. The van der Waals surface area contributed by atoms with Crippen LogP contribution >= 0.6 is 0 Å². The van der Waals surface area contributed by atoms with Crippen molar-refractivity contribution in [3.63, 3.8) is 0 Å². The van der Waals surface area contributed by atoms with Crippen LogP contribution in [0, 0.1) is 19.8 Å². The van der Waals surface area contributed by atoms with E-state index in [2.05, 4.69) is 4.74 Å². The summed E-state index contributed by atoms with van der Waals surface area (Å²) in [7, 11) is 0. The Hall–Kier alpha value is -1.69. The second kappa shape index (κ2) is 7.73. The summed E-state index contributed by atoms with van der Waals surface area (Å²) in [5.74, 6) is 0.417. The first-order valence-electron chi connectivity index (χ1n) is 7.85. The van der Waals surface area contributed by atoms with E-state index in [9.17, 15) is 13.6 Å². The number of rotatable bonds is 6. The molecule has 0 radical (unpaired) electrons. The van der Waals surface area contributed by atoms with Gasteiger partial charge in [-0.2, -0.15) is 8.78 Å². The number of ether oxygens (including phenoxy) is 2. The summed E-state index contributed by atoms with van der Waals surface area (Å²) in [6.45, 7) is 5.08. The Morgan fingerprint density at radius 3 is 2.52 bits per heavy atom. The number of hydrogen-bond donors (Lipinski definition) is 0. The quantitative estimate of drug-likeness (QED) is 0.804. The molecule has 0 bridgehead atoms. The molecule has 1 heterocycles. The molecular weight excluding hydrogens is 304 g/mol. The highest BCUT2D eigenvalue weighted by atomic mass is 19.3. The van der Waals surface area contributed by atoms with Crippen molar-refractivity contribution in [2.75, 3.05) is 26.3 Å². The second-order valence-corrected chi connectivity index (χ2v) is 5.89. The molecule has 1 atom stereocenters. The van der Waals surface area contributed by atoms with Gasteiger partial charge in [0.25, 0.3) is 5.91 Å². The minimum atomic E-state index is -2.87. The molecule has 2 rings (SSSR count). The van der Waals surface area contributed by atoms with Crippen LogP contribution in [0.2, 0.25) is 0 Å². The van der Waals surface area contributed by atoms with Crippen molar-refractivity contribution in [3.05, 3.63) is 28.8 Å². The van der Waals surface area contributed by atoms with E-state index in [0.29, 0.717) is 42.3 Å². The van der Waals surface area contributed by atoms with Gasteiger partial charge in [0, 0.05) is 31.2 Å². The third-order valence-electron chi connectivity index (χ3n) is 4.09. The summed E-state index contributed by atoms with van der Waals surface area (Å²) >= 11 is 0. The van der Waals surface area contributed by atoms with Gasteiger partial charge < -0.3 is 14.4 Å². The Balaban J connectivity index is 2.17. The lowest BCUT2D eigenvalue weighted by Gasteiger charge is -2.24. The molecule has 0 spiro atoms. The largest absolute Gasteiger partial charge is 0.434 e. The van der Waals surface area contributed by atoms with E-state index in [0.717, 1.165) is 13.0 Å². The predicted molar refractivity (Wildman–Crippen MR) is 83.1 cm³/mol. The van der Waals surface area contributed by atoms with Crippen LogP contribution in [0.5, 0.6) is 5.75 Å². The van der Waals surface area contributed by atoms with Gasteiger partial charge in [0.1, 0.15) is 5.75 Å². The van der Waals surface area contributed by atoms with E-state index in [-0.39, 0.29) is 11.7 Å². The lowest BCUT2D eigenvalue weighted by Crippen LogP contribution is -2.35. The number of hydrogen-bond acceptors (Lipinski definition) is 3. The zero-order valence-corrected chi connectivity index (χ0v) is 13.8. The fourth-order valence-corrected chi connectivity index (χ4v) is 2.93. The van der Waals surface area contributed by atoms with Crippen LogP contribution in [0.1, 0.15) is 34.8 Å². The number of carbonyl (C=O) groups excluding carboxylic acids is 1. The van der Waals surface area contributed by atoms with Gasteiger partial charge in [0.15, 0.2) is 0 Å². The molecule has 128 valence electrons. The number of aryl methyl sites for hydroxylation is 2. The average Bonchev–Trinajstić information content (AvgIpc) is 3.00. The van der Waals surface area contributed by atoms with Crippen molar-refractivity contribution >= 4 is 5.91 Å². The predicted octanol–water partition coefficient (Wildman–Crippen LogP) is 3.40. The van der Waals surface area contributed by atoms with Crippen molar-refractivity contribution in [1.29, 1.82) is 0 Å². The van der Waals surface area contributed by atoms with Crippen molar-refractivity contribution in [1.82, 2.24) is 4.90 Å². The van der Waals surface area contributed by atoms with Gasteiger partial charge >= 0.3 is 6.61 Å². The van der Waals surface area contributed by atoms with Crippen LogP contribution in [0.15, 0.2) is 12.1 Å². The highest BCUT2D eigenvalue weighted by Gasteiger charge is 2.23. The summed E-state index contributed by atoms with van der Waals surface area (Å²) in [6.07, 6.45) is 0.961. The molecule has 23 heavy (non-hydrogen) atoms. The maximum absolute atomic E-state index is 12.7.